The van der Waals surface area contributed by atoms with Crippen molar-refractivity contribution in [3.8, 4) is 0 Å². The van der Waals surface area contributed by atoms with Gasteiger partial charge in [0.2, 0.25) is 0 Å². The van der Waals surface area contributed by atoms with Crippen molar-refractivity contribution in [2.45, 2.75) is 32.1 Å². The molecule has 0 aliphatic carbocycles. The molecule has 0 saturated carbocycles. The van der Waals surface area contributed by atoms with Crippen LogP contribution in [0.4, 0.5) is 0 Å². The topological polar surface area (TPSA) is 37.6 Å². The Bertz CT molecular complexity index is 330. The summed E-state index contributed by atoms with van der Waals surface area (Å²) in [5.41, 5.74) is 1.18. The van der Waals surface area contributed by atoms with Crippen molar-refractivity contribution >= 4 is 0 Å². The maximum absolute atomic E-state index is 5.87. The monoisotopic (exact) mass is 238 g/mol. The highest BCUT2D eigenvalue weighted by molar-refractivity contribution is 5.11. The van der Waals surface area contributed by atoms with E-state index in [1.54, 1.807) is 6.26 Å². The summed E-state index contributed by atoms with van der Waals surface area (Å²) in [4.78, 5) is 2.35. The average Bonchev–Trinajstić information content (AvgIpc) is 2.77. The molecule has 1 aliphatic rings. The molecule has 0 spiro atoms. The van der Waals surface area contributed by atoms with Crippen molar-refractivity contribution in [3.63, 3.8) is 0 Å². The standard InChI is InChI=1S/C13H22N2O2/c1-14-8-11-7-13(16-9-11)10-17-12-3-5-15(2)6-4-12/h7,9,12,14H,3-6,8,10H2,1-2H3. The first-order chi connectivity index (χ1) is 8.28. The zero-order chi connectivity index (χ0) is 12.1. The van der Waals surface area contributed by atoms with E-state index in [1.807, 2.05) is 7.05 Å². The summed E-state index contributed by atoms with van der Waals surface area (Å²) in [6.45, 7) is 3.71. The summed E-state index contributed by atoms with van der Waals surface area (Å²) >= 11 is 0. The summed E-state index contributed by atoms with van der Waals surface area (Å²) < 4.78 is 11.3. The third kappa shape index (κ3) is 3.84. The maximum atomic E-state index is 5.87. The van der Waals surface area contributed by atoms with Crippen molar-refractivity contribution < 1.29 is 9.15 Å². The molecule has 1 saturated heterocycles. The van der Waals surface area contributed by atoms with Gasteiger partial charge in [-0.05, 0) is 33.0 Å². The van der Waals surface area contributed by atoms with Crippen LogP contribution < -0.4 is 5.32 Å². The van der Waals surface area contributed by atoms with Gasteiger partial charge in [0.15, 0.2) is 0 Å². The van der Waals surface area contributed by atoms with Crippen LogP contribution in [0.15, 0.2) is 16.7 Å². The third-order valence-corrected chi connectivity index (χ3v) is 3.22. The van der Waals surface area contributed by atoms with Gasteiger partial charge in [-0.15, -0.1) is 0 Å². The Labute approximate surface area is 103 Å². The lowest BCUT2D eigenvalue weighted by Gasteiger charge is -2.28. The van der Waals surface area contributed by atoms with Gasteiger partial charge in [0.25, 0.3) is 0 Å². The first-order valence-corrected chi connectivity index (χ1v) is 6.29. The highest BCUT2D eigenvalue weighted by Crippen LogP contribution is 2.15. The van der Waals surface area contributed by atoms with Crippen LogP contribution in [0.3, 0.4) is 0 Å². The van der Waals surface area contributed by atoms with E-state index in [9.17, 15) is 0 Å². The molecule has 2 rings (SSSR count). The highest BCUT2D eigenvalue weighted by atomic mass is 16.5. The van der Waals surface area contributed by atoms with Crippen LogP contribution >= 0.6 is 0 Å². The zero-order valence-electron chi connectivity index (χ0n) is 10.7. The Balaban J connectivity index is 1.73. The van der Waals surface area contributed by atoms with E-state index >= 15 is 0 Å². The Kier molecular flexibility index (Phi) is 4.59. The SMILES string of the molecule is CNCc1coc(COC2CCN(C)CC2)c1. The largest absolute Gasteiger partial charge is 0.467 e. The molecule has 4 heteroatoms. The number of hydrogen-bond donors (Lipinski definition) is 1. The van der Waals surface area contributed by atoms with Crippen LogP contribution in [0, 0.1) is 0 Å². The minimum atomic E-state index is 0.393. The summed E-state index contributed by atoms with van der Waals surface area (Å²) in [6, 6.07) is 2.06. The van der Waals surface area contributed by atoms with E-state index in [2.05, 4.69) is 23.3 Å². The second-order valence-corrected chi connectivity index (χ2v) is 4.77. The number of furan rings is 1. The molecule has 0 unspecified atom stereocenters. The average molecular weight is 238 g/mol. The van der Waals surface area contributed by atoms with E-state index in [-0.39, 0.29) is 0 Å². The summed E-state index contributed by atoms with van der Waals surface area (Å²) in [6.07, 6.45) is 4.44. The van der Waals surface area contributed by atoms with Gasteiger partial charge in [-0.1, -0.05) is 0 Å². The van der Waals surface area contributed by atoms with Gasteiger partial charge in [0, 0.05) is 25.2 Å². The van der Waals surface area contributed by atoms with Crippen LogP contribution in [-0.4, -0.2) is 38.2 Å². The van der Waals surface area contributed by atoms with Crippen LogP contribution in [0.5, 0.6) is 0 Å². The molecule has 1 aromatic heterocycles. The smallest absolute Gasteiger partial charge is 0.129 e. The van der Waals surface area contributed by atoms with E-state index in [0.29, 0.717) is 12.7 Å². The molecule has 1 N–H and O–H groups in total. The van der Waals surface area contributed by atoms with Crippen molar-refractivity contribution in [1.82, 2.24) is 10.2 Å². The Hall–Kier alpha value is -0.840. The first-order valence-electron chi connectivity index (χ1n) is 6.29. The molecule has 0 radical (unpaired) electrons. The second kappa shape index (κ2) is 6.19. The lowest BCUT2D eigenvalue weighted by molar-refractivity contribution is -0.00478. The molecule has 1 fully saturated rings. The molecule has 0 bridgehead atoms. The fraction of sp³-hybridized carbons (Fsp3) is 0.692. The molecular formula is C13H22N2O2. The predicted octanol–water partition coefficient (Wildman–Crippen LogP) is 1.61. The minimum absolute atomic E-state index is 0.393. The normalized spacial score (nSPS) is 18.7. The van der Waals surface area contributed by atoms with E-state index in [0.717, 1.165) is 38.2 Å². The summed E-state index contributed by atoms with van der Waals surface area (Å²) in [5.74, 6) is 0.925. The van der Waals surface area contributed by atoms with Gasteiger partial charge in [-0.25, -0.2) is 0 Å². The fourth-order valence-electron chi connectivity index (χ4n) is 2.15. The summed E-state index contributed by atoms with van der Waals surface area (Å²) in [7, 11) is 4.09. The lowest BCUT2D eigenvalue weighted by atomic mass is 10.1. The van der Waals surface area contributed by atoms with Gasteiger partial charge in [0.05, 0.1) is 12.4 Å². The van der Waals surface area contributed by atoms with Crippen LogP contribution in [-0.2, 0) is 17.9 Å². The van der Waals surface area contributed by atoms with Crippen LogP contribution in [0.1, 0.15) is 24.2 Å². The quantitative estimate of drug-likeness (QED) is 0.845. The molecule has 4 nitrogen and oxygen atoms in total. The predicted molar refractivity (Wildman–Crippen MR) is 66.8 cm³/mol. The molecule has 0 aromatic carbocycles. The van der Waals surface area contributed by atoms with Crippen molar-refractivity contribution in [1.29, 1.82) is 0 Å². The minimum Gasteiger partial charge on any atom is -0.467 e. The fourth-order valence-corrected chi connectivity index (χ4v) is 2.15. The lowest BCUT2D eigenvalue weighted by Crippen LogP contribution is -2.34. The maximum Gasteiger partial charge on any atom is 0.129 e. The van der Waals surface area contributed by atoms with Crippen LogP contribution in [0.2, 0.25) is 0 Å². The Morgan fingerprint density at radius 1 is 1.47 bits per heavy atom. The third-order valence-electron chi connectivity index (χ3n) is 3.22. The van der Waals surface area contributed by atoms with Gasteiger partial charge in [-0.3, -0.25) is 0 Å². The number of ether oxygens (including phenoxy) is 1. The molecule has 17 heavy (non-hydrogen) atoms. The van der Waals surface area contributed by atoms with Crippen molar-refractivity contribution in [2.75, 3.05) is 27.2 Å². The van der Waals surface area contributed by atoms with E-state index in [1.165, 1.54) is 5.56 Å². The van der Waals surface area contributed by atoms with E-state index < -0.39 is 0 Å². The van der Waals surface area contributed by atoms with E-state index in [4.69, 9.17) is 9.15 Å². The van der Waals surface area contributed by atoms with Crippen molar-refractivity contribution in [3.05, 3.63) is 23.7 Å². The Morgan fingerprint density at radius 2 is 2.24 bits per heavy atom. The number of nitrogens with zero attached hydrogens (tertiary/aromatic N) is 1. The molecular weight excluding hydrogens is 216 g/mol. The first kappa shape index (κ1) is 12.6. The van der Waals surface area contributed by atoms with Gasteiger partial charge >= 0.3 is 0 Å². The molecule has 2 heterocycles. The molecule has 1 aromatic rings. The second-order valence-electron chi connectivity index (χ2n) is 4.77. The number of likely N-dealkylation sites (tertiary alicyclic amines) is 1. The van der Waals surface area contributed by atoms with Crippen molar-refractivity contribution in [2.24, 2.45) is 0 Å². The van der Waals surface area contributed by atoms with Gasteiger partial charge < -0.3 is 19.4 Å². The number of hydrogen-bond acceptors (Lipinski definition) is 4. The number of piperidine rings is 1. The molecule has 0 atom stereocenters. The molecule has 0 amide bonds. The van der Waals surface area contributed by atoms with Gasteiger partial charge in [-0.2, -0.15) is 0 Å². The Morgan fingerprint density at radius 3 is 2.94 bits per heavy atom. The number of nitrogens with one attached hydrogen (secondary N) is 1. The molecule has 96 valence electrons. The highest BCUT2D eigenvalue weighted by Gasteiger charge is 2.17. The number of rotatable bonds is 5. The van der Waals surface area contributed by atoms with Gasteiger partial charge in [0.1, 0.15) is 12.4 Å². The molecule has 1 aliphatic heterocycles. The van der Waals surface area contributed by atoms with Crippen LogP contribution in [0.25, 0.3) is 0 Å². The zero-order valence-corrected chi connectivity index (χ0v) is 10.7. The summed E-state index contributed by atoms with van der Waals surface area (Å²) in [5, 5.41) is 3.10.